The minimum atomic E-state index is -0.225. The van der Waals surface area contributed by atoms with E-state index in [1.165, 1.54) is 11.8 Å². The van der Waals surface area contributed by atoms with Crippen molar-refractivity contribution in [1.82, 2.24) is 14.8 Å². The second-order valence-electron chi connectivity index (χ2n) is 6.84. The summed E-state index contributed by atoms with van der Waals surface area (Å²) in [5.41, 5.74) is 2.98. The molecule has 0 aliphatic rings. The monoisotopic (exact) mass is 429 g/mol. The van der Waals surface area contributed by atoms with Crippen molar-refractivity contribution in [3.8, 4) is 17.5 Å². The van der Waals surface area contributed by atoms with Crippen molar-refractivity contribution in [3.63, 3.8) is 0 Å². The Bertz CT molecular complexity index is 1240. The fraction of sp³-hybridized carbons (Fsp3) is 0.130. The highest BCUT2D eigenvalue weighted by Crippen LogP contribution is 2.26. The van der Waals surface area contributed by atoms with E-state index in [1.807, 2.05) is 47.9 Å². The normalized spacial score (nSPS) is 10.6. The first-order valence-corrected chi connectivity index (χ1v) is 10.6. The molecule has 1 amide bonds. The summed E-state index contributed by atoms with van der Waals surface area (Å²) in [6.07, 6.45) is 1.62. The van der Waals surface area contributed by atoms with Gasteiger partial charge in [-0.05, 0) is 37.3 Å². The average molecular weight is 430 g/mol. The van der Waals surface area contributed by atoms with Crippen LogP contribution in [0.15, 0.2) is 76.5 Å². The number of nitrogens with zero attached hydrogens (tertiary/aromatic N) is 4. The second-order valence-corrected chi connectivity index (χ2v) is 7.78. The lowest BCUT2D eigenvalue weighted by atomic mass is 10.1. The van der Waals surface area contributed by atoms with Gasteiger partial charge in [0.2, 0.25) is 5.91 Å². The summed E-state index contributed by atoms with van der Waals surface area (Å²) in [5, 5.41) is 21.3. The number of amides is 1. The molecular formula is C23H19N5O2S. The molecule has 0 unspecified atom stereocenters. The maximum Gasteiger partial charge on any atom is 0.234 e. The number of benzene rings is 2. The van der Waals surface area contributed by atoms with Crippen LogP contribution in [-0.4, -0.2) is 26.4 Å². The third-order valence-corrected chi connectivity index (χ3v) is 5.51. The van der Waals surface area contributed by atoms with E-state index in [-0.39, 0.29) is 11.7 Å². The molecule has 2 heterocycles. The first-order chi connectivity index (χ1) is 15.1. The third-order valence-electron chi connectivity index (χ3n) is 4.54. The van der Waals surface area contributed by atoms with Gasteiger partial charge in [0.05, 0.1) is 29.8 Å². The molecule has 0 bridgehead atoms. The van der Waals surface area contributed by atoms with E-state index < -0.39 is 0 Å². The molecule has 2 aromatic heterocycles. The maximum absolute atomic E-state index is 12.5. The Balaban J connectivity index is 1.55. The van der Waals surface area contributed by atoms with Crippen LogP contribution in [0.2, 0.25) is 0 Å². The van der Waals surface area contributed by atoms with Gasteiger partial charge in [0, 0.05) is 5.56 Å². The number of thioether (sulfide) groups is 1. The van der Waals surface area contributed by atoms with Crippen molar-refractivity contribution in [3.05, 3.63) is 83.8 Å². The summed E-state index contributed by atoms with van der Waals surface area (Å²) in [7, 11) is 0. The van der Waals surface area contributed by atoms with Gasteiger partial charge in [-0.1, -0.05) is 47.7 Å². The SMILES string of the molecule is Cc1cccc(-c2nnc(SCC(=O)Nc3ccccc3C#N)n2Cc2ccco2)c1. The lowest BCUT2D eigenvalue weighted by Gasteiger charge is -2.10. The smallest absolute Gasteiger partial charge is 0.234 e. The molecule has 2 aromatic carbocycles. The zero-order valence-electron chi connectivity index (χ0n) is 16.8. The van der Waals surface area contributed by atoms with Crippen LogP contribution in [0.25, 0.3) is 11.4 Å². The summed E-state index contributed by atoms with van der Waals surface area (Å²) in [5.74, 6) is 1.38. The number of rotatable bonds is 7. The molecule has 8 heteroatoms. The quantitative estimate of drug-likeness (QED) is 0.435. The van der Waals surface area contributed by atoms with Gasteiger partial charge < -0.3 is 9.73 Å². The Morgan fingerprint density at radius 3 is 2.81 bits per heavy atom. The standard InChI is InChI=1S/C23H19N5O2S/c1-16-6-4-8-17(12-16)22-26-27-23(28(22)14-19-9-5-11-30-19)31-15-21(29)25-20-10-3-2-7-18(20)13-24/h2-12H,14-15H2,1H3,(H,25,29). The summed E-state index contributed by atoms with van der Waals surface area (Å²) < 4.78 is 7.45. The van der Waals surface area contributed by atoms with Crippen LogP contribution in [0.3, 0.4) is 0 Å². The number of nitriles is 1. The molecular weight excluding hydrogens is 410 g/mol. The summed E-state index contributed by atoms with van der Waals surface area (Å²) >= 11 is 1.28. The molecule has 0 aliphatic heterocycles. The molecule has 4 aromatic rings. The number of aryl methyl sites for hydroxylation is 1. The van der Waals surface area contributed by atoms with E-state index >= 15 is 0 Å². The molecule has 0 aliphatic carbocycles. The summed E-state index contributed by atoms with van der Waals surface area (Å²) in [6, 6.07) is 20.7. The van der Waals surface area contributed by atoms with E-state index in [4.69, 9.17) is 4.42 Å². The van der Waals surface area contributed by atoms with E-state index in [0.717, 1.165) is 16.9 Å². The number of nitrogens with one attached hydrogen (secondary N) is 1. The molecule has 4 rings (SSSR count). The van der Waals surface area contributed by atoms with Gasteiger partial charge in [-0.25, -0.2) is 0 Å². The van der Waals surface area contributed by atoms with Gasteiger partial charge in [-0.3, -0.25) is 9.36 Å². The third kappa shape index (κ3) is 4.85. The van der Waals surface area contributed by atoms with E-state index in [0.29, 0.717) is 28.8 Å². The van der Waals surface area contributed by atoms with Crippen LogP contribution >= 0.6 is 11.8 Å². The number of furan rings is 1. The number of hydrogen-bond donors (Lipinski definition) is 1. The number of carbonyl (C=O) groups excluding carboxylic acids is 1. The van der Waals surface area contributed by atoms with Crippen LogP contribution in [0, 0.1) is 18.3 Å². The highest BCUT2D eigenvalue weighted by molar-refractivity contribution is 7.99. The van der Waals surface area contributed by atoms with Crippen LogP contribution in [0.1, 0.15) is 16.9 Å². The Hall–Kier alpha value is -3.83. The minimum absolute atomic E-state index is 0.129. The highest BCUT2D eigenvalue weighted by Gasteiger charge is 2.17. The van der Waals surface area contributed by atoms with Crippen LogP contribution in [-0.2, 0) is 11.3 Å². The maximum atomic E-state index is 12.5. The Labute approximate surface area is 183 Å². The predicted molar refractivity (Wildman–Crippen MR) is 119 cm³/mol. The van der Waals surface area contributed by atoms with Crippen molar-refractivity contribution in [1.29, 1.82) is 5.26 Å². The van der Waals surface area contributed by atoms with Gasteiger partial charge in [-0.2, -0.15) is 5.26 Å². The lowest BCUT2D eigenvalue weighted by Crippen LogP contribution is -2.15. The van der Waals surface area contributed by atoms with Crippen molar-refractivity contribution < 1.29 is 9.21 Å². The number of carbonyl (C=O) groups is 1. The van der Waals surface area contributed by atoms with Crippen molar-refractivity contribution in [2.24, 2.45) is 0 Å². The van der Waals surface area contributed by atoms with Crippen LogP contribution < -0.4 is 5.32 Å². The first-order valence-electron chi connectivity index (χ1n) is 9.58. The van der Waals surface area contributed by atoms with Gasteiger partial charge >= 0.3 is 0 Å². The second kappa shape index (κ2) is 9.32. The molecule has 0 spiro atoms. The van der Waals surface area contributed by atoms with E-state index in [1.54, 1.807) is 30.5 Å². The topological polar surface area (TPSA) is 96.7 Å². The zero-order valence-corrected chi connectivity index (χ0v) is 17.6. The van der Waals surface area contributed by atoms with Crippen LogP contribution in [0.5, 0.6) is 0 Å². The number of aromatic nitrogens is 3. The molecule has 0 saturated heterocycles. The number of para-hydroxylation sites is 1. The fourth-order valence-corrected chi connectivity index (χ4v) is 3.84. The Kier molecular flexibility index (Phi) is 6.15. The van der Waals surface area contributed by atoms with Crippen molar-refractivity contribution >= 4 is 23.4 Å². The lowest BCUT2D eigenvalue weighted by molar-refractivity contribution is -0.113. The molecule has 154 valence electrons. The Morgan fingerprint density at radius 1 is 1.16 bits per heavy atom. The zero-order chi connectivity index (χ0) is 21.6. The molecule has 0 saturated carbocycles. The first kappa shape index (κ1) is 20.4. The molecule has 31 heavy (non-hydrogen) atoms. The van der Waals surface area contributed by atoms with Crippen molar-refractivity contribution in [2.45, 2.75) is 18.6 Å². The molecule has 0 atom stereocenters. The van der Waals surface area contributed by atoms with Gasteiger partial charge in [0.1, 0.15) is 11.8 Å². The predicted octanol–water partition coefficient (Wildman–Crippen LogP) is 4.50. The fourth-order valence-electron chi connectivity index (χ4n) is 3.10. The average Bonchev–Trinajstić information content (AvgIpc) is 3.43. The molecule has 7 nitrogen and oxygen atoms in total. The Morgan fingerprint density at radius 2 is 2.03 bits per heavy atom. The van der Waals surface area contributed by atoms with Gasteiger partial charge in [-0.15, -0.1) is 10.2 Å². The number of hydrogen-bond acceptors (Lipinski definition) is 6. The summed E-state index contributed by atoms with van der Waals surface area (Å²) in [4.78, 5) is 12.5. The van der Waals surface area contributed by atoms with Gasteiger partial charge in [0.25, 0.3) is 0 Å². The van der Waals surface area contributed by atoms with E-state index in [9.17, 15) is 10.1 Å². The summed E-state index contributed by atoms with van der Waals surface area (Å²) in [6.45, 7) is 2.47. The van der Waals surface area contributed by atoms with Crippen molar-refractivity contribution in [2.75, 3.05) is 11.1 Å². The molecule has 0 radical (unpaired) electrons. The minimum Gasteiger partial charge on any atom is -0.467 e. The highest BCUT2D eigenvalue weighted by atomic mass is 32.2. The largest absolute Gasteiger partial charge is 0.467 e. The van der Waals surface area contributed by atoms with Crippen LogP contribution in [0.4, 0.5) is 5.69 Å². The van der Waals surface area contributed by atoms with E-state index in [2.05, 4.69) is 21.6 Å². The molecule has 0 fully saturated rings. The number of anilines is 1. The molecule has 1 N–H and O–H groups in total. The van der Waals surface area contributed by atoms with Gasteiger partial charge in [0.15, 0.2) is 11.0 Å².